The van der Waals surface area contributed by atoms with E-state index in [1.165, 1.54) is 34.3 Å². The third kappa shape index (κ3) is 3.97. The first-order chi connectivity index (χ1) is 15.7. The maximum atomic E-state index is 12.6. The molecule has 6 nitrogen and oxygen atoms in total. The normalized spacial score (nSPS) is 21.7. The summed E-state index contributed by atoms with van der Waals surface area (Å²) in [5, 5.41) is 10.2. The highest BCUT2D eigenvalue weighted by atomic mass is 16.2. The fraction of sp³-hybridized carbons (Fsp3) is 0.444. The minimum atomic E-state index is -0.437. The zero-order valence-corrected chi connectivity index (χ0v) is 20.1. The van der Waals surface area contributed by atoms with Crippen LogP contribution in [0.2, 0.25) is 0 Å². The number of fused-ring (bicyclic) bond motifs is 2. The Hall–Kier alpha value is -2.99. The largest absolute Gasteiger partial charge is 0.373 e. The Morgan fingerprint density at radius 1 is 0.970 bits per heavy atom. The second kappa shape index (κ2) is 8.41. The van der Waals surface area contributed by atoms with Gasteiger partial charge in [-0.25, -0.2) is 0 Å². The van der Waals surface area contributed by atoms with Crippen molar-refractivity contribution < 1.29 is 4.79 Å². The predicted octanol–water partition coefficient (Wildman–Crippen LogP) is 4.10. The molecule has 3 N–H and O–H groups in total. The van der Waals surface area contributed by atoms with Crippen molar-refractivity contribution in [1.29, 1.82) is 0 Å². The van der Waals surface area contributed by atoms with Crippen LogP contribution in [-0.4, -0.2) is 12.8 Å². The minimum absolute atomic E-state index is 0.00102. The minimum Gasteiger partial charge on any atom is -0.373 e. The van der Waals surface area contributed by atoms with Crippen molar-refractivity contribution >= 4 is 23.9 Å². The van der Waals surface area contributed by atoms with E-state index in [-0.39, 0.29) is 11.5 Å². The molecule has 1 fully saturated rings. The molecule has 2 unspecified atom stereocenters. The lowest BCUT2D eigenvalue weighted by Gasteiger charge is -2.36. The monoisotopic (exact) mass is 447 g/mol. The Balaban J connectivity index is 0.00000126. The predicted molar refractivity (Wildman–Crippen MR) is 134 cm³/mol. The van der Waals surface area contributed by atoms with Gasteiger partial charge in [0.25, 0.3) is 10.9 Å². The lowest BCUT2D eigenvalue weighted by Crippen LogP contribution is -2.44. The SMILES string of the molecule is C=O.CC1=CC=C([C@H](Nc2c(Nc3ccc(C)c4c3CNC4)c(=O)c2=O)C(C)(C)C)C2CC12. The van der Waals surface area contributed by atoms with Gasteiger partial charge in [-0.1, -0.05) is 44.6 Å². The van der Waals surface area contributed by atoms with E-state index in [1.807, 2.05) is 12.9 Å². The second-order valence-electron chi connectivity index (χ2n) is 10.5. The summed E-state index contributed by atoms with van der Waals surface area (Å²) in [7, 11) is 0. The number of hydrogen-bond acceptors (Lipinski definition) is 6. The van der Waals surface area contributed by atoms with E-state index in [1.54, 1.807) is 0 Å². The van der Waals surface area contributed by atoms with Crippen molar-refractivity contribution in [2.75, 3.05) is 10.6 Å². The number of carbonyl (C=O) groups excluding carboxylic acids is 1. The Kier molecular flexibility index (Phi) is 5.91. The maximum Gasteiger partial charge on any atom is 0.253 e. The molecule has 0 saturated heterocycles. The van der Waals surface area contributed by atoms with Gasteiger partial charge in [-0.2, -0.15) is 0 Å². The summed E-state index contributed by atoms with van der Waals surface area (Å²) in [4.78, 5) is 33.1. The molecule has 3 aliphatic rings. The Morgan fingerprint density at radius 3 is 2.33 bits per heavy atom. The van der Waals surface area contributed by atoms with E-state index in [0.29, 0.717) is 23.2 Å². The van der Waals surface area contributed by atoms with Crippen molar-refractivity contribution in [3.63, 3.8) is 0 Å². The van der Waals surface area contributed by atoms with Crippen LogP contribution in [0.3, 0.4) is 0 Å². The molecule has 1 aliphatic heterocycles. The van der Waals surface area contributed by atoms with E-state index < -0.39 is 10.9 Å². The Bertz CT molecular complexity index is 1220. The molecule has 1 saturated carbocycles. The first kappa shape index (κ1) is 23.2. The van der Waals surface area contributed by atoms with Gasteiger partial charge in [0.15, 0.2) is 0 Å². The number of rotatable bonds is 5. The average molecular weight is 448 g/mol. The molecule has 2 aliphatic carbocycles. The summed E-state index contributed by atoms with van der Waals surface area (Å²) < 4.78 is 0. The summed E-state index contributed by atoms with van der Waals surface area (Å²) >= 11 is 0. The zero-order chi connectivity index (χ0) is 24.1. The van der Waals surface area contributed by atoms with Crippen LogP contribution in [0, 0.1) is 24.2 Å². The number of carbonyl (C=O) groups is 1. The van der Waals surface area contributed by atoms with Crippen LogP contribution in [-0.2, 0) is 17.9 Å². The summed E-state index contributed by atoms with van der Waals surface area (Å²) in [5.41, 5.74) is 7.28. The van der Waals surface area contributed by atoms with Gasteiger partial charge in [0.2, 0.25) is 0 Å². The van der Waals surface area contributed by atoms with Gasteiger partial charge in [-0.05, 0) is 65.8 Å². The summed E-state index contributed by atoms with van der Waals surface area (Å²) in [6.07, 6.45) is 5.62. The fourth-order valence-electron chi connectivity index (χ4n) is 5.27. The van der Waals surface area contributed by atoms with Crippen molar-refractivity contribution in [3.8, 4) is 0 Å². The molecular formula is C27H33N3O3. The van der Waals surface area contributed by atoms with Gasteiger partial charge < -0.3 is 20.7 Å². The molecule has 0 aromatic heterocycles. The summed E-state index contributed by atoms with van der Waals surface area (Å²) in [6.45, 7) is 14.5. The van der Waals surface area contributed by atoms with Crippen LogP contribution in [0.1, 0.15) is 50.8 Å². The third-order valence-corrected chi connectivity index (χ3v) is 7.27. The molecule has 6 heteroatoms. The van der Waals surface area contributed by atoms with Crippen LogP contribution in [0.15, 0.2) is 45.0 Å². The molecular weight excluding hydrogens is 414 g/mol. The molecule has 0 bridgehead atoms. The standard InChI is InChI=1S/C26H31N3O2.CH2O/c1-13-6-8-15(17-10-16(13)17)25(26(3,4)5)29-22-21(23(30)24(22)31)28-20-9-7-14(2)18-11-27-12-19(18)20;1-2/h6-9,16-17,25,27-29H,10-12H2,1-5H3;1H2/t16?,17?,25-;/m0./s1. The zero-order valence-electron chi connectivity index (χ0n) is 20.1. The Labute approximate surface area is 194 Å². The lowest BCUT2D eigenvalue weighted by atomic mass is 9.78. The van der Waals surface area contributed by atoms with Crippen LogP contribution in [0.4, 0.5) is 17.1 Å². The van der Waals surface area contributed by atoms with E-state index in [9.17, 15) is 9.59 Å². The average Bonchev–Trinajstić information content (AvgIpc) is 3.45. The van der Waals surface area contributed by atoms with Crippen molar-refractivity contribution in [2.45, 2.75) is 60.2 Å². The van der Waals surface area contributed by atoms with Crippen LogP contribution < -0.4 is 26.8 Å². The highest BCUT2D eigenvalue weighted by Crippen LogP contribution is 2.54. The number of hydrogen-bond donors (Lipinski definition) is 3. The lowest BCUT2D eigenvalue weighted by molar-refractivity contribution is -0.0979. The van der Waals surface area contributed by atoms with Gasteiger partial charge in [0, 0.05) is 18.8 Å². The third-order valence-electron chi connectivity index (χ3n) is 7.27. The molecule has 1 heterocycles. The maximum absolute atomic E-state index is 12.6. The second-order valence-corrected chi connectivity index (χ2v) is 10.5. The first-order valence-electron chi connectivity index (χ1n) is 11.5. The topological polar surface area (TPSA) is 87.3 Å². The molecule has 33 heavy (non-hydrogen) atoms. The van der Waals surface area contributed by atoms with Gasteiger partial charge in [-0.15, -0.1) is 0 Å². The molecule has 2 aromatic carbocycles. The smallest absolute Gasteiger partial charge is 0.253 e. The fourth-order valence-corrected chi connectivity index (χ4v) is 5.27. The van der Waals surface area contributed by atoms with Crippen LogP contribution in [0.5, 0.6) is 0 Å². The van der Waals surface area contributed by atoms with E-state index >= 15 is 0 Å². The quantitative estimate of drug-likeness (QED) is 0.598. The summed E-state index contributed by atoms with van der Waals surface area (Å²) in [6, 6.07) is 4.08. The molecule has 2 aromatic rings. The van der Waals surface area contributed by atoms with Crippen molar-refractivity contribution in [3.05, 3.63) is 72.6 Å². The number of benzene rings is 1. The van der Waals surface area contributed by atoms with Gasteiger partial charge in [0.1, 0.15) is 18.2 Å². The van der Waals surface area contributed by atoms with Crippen LogP contribution >= 0.6 is 0 Å². The van der Waals surface area contributed by atoms with E-state index in [0.717, 1.165) is 18.8 Å². The highest BCUT2D eigenvalue weighted by molar-refractivity contribution is 5.81. The molecule has 174 valence electrons. The molecule has 3 atom stereocenters. The first-order valence-corrected chi connectivity index (χ1v) is 11.5. The number of anilines is 3. The molecule has 0 spiro atoms. The van der Waals surface area contributed by atoms with Crippen molar-refractivity contribution in [1.82, 2.24) is 5.32 Å². The number of allylic oxidation sites excluding steroid dienone is 3. The molecule has 5 rings (SSSR count). The summed E-state index contributed by atoms with van der Waals surface area (Å²) in [5.74, 6) is 1.19. The Morgan fingerprint density at radius 2 is 1.64 bits per heavy atom. The molecule has 0 amide bonds. The van der Waals surface area contributed by atoms with E-state index in [2.05, 4.69) is 68.8 Å². The van der Waals surface area contributed by atoms with Gasteiger partial charge in [-0.3, -0.25) is 9.59 Å². The van der Waals surface area contributed by atoms with Crippen LogP contribution in [0.25, 0.3) is 0 Å². The molecule has 0 radical (unpaired) electrons. The van der Waals surface area contributed by atoms with Crippen molar-refractivity contribution in [2.24, 2.45) is 17.3 Å². The highest BCUT2D eigenvalue weighted by Gasteiger charge is 2.47. The number of aryl methyl sites for hydroxylation is 1. The van der Waals surface area contributed by atoms with Gasteiger partial charge in [0.05, 0.1) is 6.04 Å². The van der Waals surface area contributed by atoms with E-state index in [4.69, 9.17) is 4.79 Å². The number of nitrogens with one attached hydrogen (secondary N) is 3. The van der Waals surface area contributed by atoms with Gasteiger partial charge >= 0.3 is 0 Å².